The molecule has 0 saturated carbocycles. The number of halogens is 1. The summed E-state index contributed by atoms with van der Waals surface area (Å²) < 4.78 is 30.7. The van der Waals surface area contributed by atoms with Gasteiger partial charge in [0.25, 0.3) is 5.91 Å². The second-order valence-electron chi connectivity index (χ2n) is 8.92. The number of hydrogen-bond donors (Lipinski definition) is 0. The van der Waals surface area contributed by atoms with Crippen molar-refractivity contribution in [3.05, 3.63) is 70.5 Å². The maximum Gasteiger partial charge on any atom is 0.279 e. The normalized spacial score (nSPS) is 12.9. The second kappa shape index (κ2) is 11.0. The number of allylic oxidation sites excluding steroid dienone is 1. The van der Waals surface area contributed by atoms with Crippen molar-refractivity contribution in [3.63, 3.8) is 0 Å². The molecule has 1 amide bonds. The number of carbonyl (C=O) groups is 1. The molecule has 0 bridgehead atoms. The summed E-state index contributed by atoms with van der Waals surface area (Å²) in [5.41, 5.74) is 1.12. The zero-order valence-electron chi connectivity index (χ0n) is 19.9. The Morgan fingerprint density at radius 2 is 1.74 bits per heavy atom. The summed E-state index contributed by atoms with van der Waals surface area (Å²) in [5.74, 6) is -0.0545. The van der Waals surface area contributed by atoms with Crippen molar-refractivity contribution in [2.45, 2.75) is 39.1 Å². The van der Waals surface area contributed by atoms with Gasteiger partial charge in [0, 0.05) is 25.2 Å². The maximum atomic E-state index is 13.2. The van der Waals surface area contributed by atoms with Gasteiger partial charge in [-0.15, -0.1) is 6.58 Å². The van der Waals surface area contributed by atoms with Crippen LogP contribution in [0, 0.1) is 11.8 Å². The summed E-state index contributed by atoms with van der Waals surface area (Å²) >= 11 is 7.74. The lowest BCUT2D eigenvalue weighted by molar-refractivity contribution is 0.0997. The van der Waals surface area contributed by atoms with Crippen LogP contribution < -0.4 is 4.80 Å². The number of aromatic nitrogens is 1. The van der Waals surface area contributed by atoms with Crippen molar-refractivity contribution in [2.75, 3.05) is 13.1 Å². The number of nitrogens with zero attached hydrogens (tertiary/aromatic N) is 3. The van der Waals surface area contributed by atoms with Gasteiger partial charge < -0.3 is 4.57 Å². The number of carbonyl (C=O) groups excluding carboxylic acids is 1. The molecule has 0 aliphatic carbocycles. The van der Waals surface area contributed by atoms with Gasteiger partial charge in [-0.1, -0.05) is 62.8 Å². The largest absolute Gasteiger partial charge is 0.311 e. The number of fused-ring (bicyclic) bond motifs is 1. The van der Waals surface area contributed by atoms with Gasteiger partial charge in [0.15, 0.2) is 4.80 Å². The molecule has 0 unspecified atom stereocenters. The first-order valence-electron chi connectivity index (χ1n) is 11.1. The summed E-state index contributed by atoms with van der Waals surface area (Å²) in [6.45, 7) is 13.1. The topological polar surface area (TPSA) is 71.7 Å². The number of para-hydroxylation sites is 1. The Morgan fingerprint density at radius 3 is 2.29 bits per heavy atom. The summed E-state index contributed by atoms with van der Waals surface area (Å²) in [6.07, 6.45) is 1.72. The van der Waals surface area contributed by atoms with E-state index in [4.69, 9.17) is 11.6 Å². The van der Waals surface area contributed by atoms with Gasteiger partial charge in [0.2, 0.25) is 10.0 Å². The minimum absolute atomic E-state index is 0.167. The fourth-order valence-corrected chi connectivity index (χ4v) is 6.79. The summed E-state index contributed by atoms with van der Waals surface area (Å²) in [7, 11) is -3.67. The summed E-state index contributed by atoms with van der Waals surface area (Å²) in [4.78, 5) is 17.9. The number of hydrogen-bond acceptors (Lipinski definition) is 4. The molecule has 0 radical (unpaired) electrons. The molecule has 0 aliphatic rings. The average Bonchev–Trinajstić information content (AvgIpc) is 3.11. The molecule has 0 fully saturated rings. The Bertz CT molecular complexity index is 1340. The highest BCUT2D eigenvalue weighted by Crippen LogP contribution is 2.25. The smallest absolute Gasteiger partial charge is 0.279 e. The quantitative estimate of drug-likeness (QED) is 0.346. The molecular weight excluding hydrogens is 490 g/mol. The molecule has 0 atom stereocenters. The van der Waals surface area contributed by atoms with Crippen molar-refractivity contribution >= 4 is 49.1 Å². The van der Waals surface area contributed by atoms with E-state index >= 15 is 0 Å². The molecule has 3 aromatic rings. The molecule has 34 heavy (non-hydrogen) atoms. The fourth-order valence-electron chi connectivity index (χ4n) is 3.63. The van der Waals surface area contributed by atoms with Crippen LogP contribution in [-0.4, -0.2) is 36.3 Å². The van der Waals surface area contributed by atoms with E-state index in [1.165, 1.54) is 39.9 Å². The number of amides is 1. The predicted molar refractivity (Wildman–Crippen MR) is 140 cm³/mol. The molecular formula is C25H30ClN3O3S2. The third-order valence-electron chi connectivity index (χ3n) is 5.04. The van der Waals surface area contributed by atoms with Crippen LogP contribution in [0.2, 0.25) is 5.02 Å². The van der Waals surface area contributed by atoms with Crippen molar-refractivity contribution in [2.24, 2.45) is 16.8 Å². The number of benzene rings is 2. The van der Waals surface area contributed by atoms with Crippen LogP contribution in [0.15, 0.2) is 65.0 Å². The van der Waals surface area contributed by atoms with Crippen LogP contribution in [-0.2, 0) is 16.6 Å². The molecule has 1 aromatic heterocycles. The van der Waals surface area contributed by atoms with Crippen LogP contribution in [0.3, 0.4) is 0 Å². The predicted octanol–water partition coefficient (Wildman–Crippen LogP) is 5.59. The van der Waals surface area contributed by atoms with Crippen LogP contribution in [0.4, 0.5) is 0 Å². The SMILES string of the molecule is C=CCn1c(=NC(=O)c2ccc(S(=O)(=O)N(CC(C)C)CC(C)C)cc2)sc2cccc(Cl)c21. The van der Waals surface area contributed by atoms with Gasteiger partial charge in [0.1, 0.15) is 0 Å². The second-order valence-corrected chi connectivity index (χ2v) is 12.3. The highest BCUT2D eigenvalue weighted by Gasteiger charge is 2.26. The van der Waals surface area contributed by atoms with Crippen LogP contribution in [0.25, 0.3) is 10.2 Å². The van der Waals surface area contributed by atoms with Gasteiger partial charge in [-0.05, 0) is 48.2 Å². The number of thiazole rings is 1. The lowest BCUT2D eigenvalue weighted by atomic mass is 10.2. The van der Waals surface area contributed by atoms with E-state index in [0.717, 1.165) is 10.2 Å². The number of sulfonamides is 1. The van der Waals surface area contributed by atoms with E-state index in [1.807, 2.05) is 44.4 Å². The Morgan fingerprint density at radius 1 is 1.12 bits per heavy atom. The lowest BCUT2D eigenvalue weighted by Crippen LogP contribution is -2.37. The molecule has 2 aromatic carbocycles. The van der Waals surface area contributed by atoms with E-state index in [1.54, 1.807) is 12.1 Å². The highest BCUT2D eigenvalue weighted by atomic mass is 35.5. The fraction of sp³-hybridized carbons (Fsp3) is 0.360. The Balaban J connectivity index is 1.95. The third kappa shape index (κ3) is 5.86. The highest BCUT2D eigenvalue weighted by molar-refractivity contribution is 7.89. The Labute approximate surface area is 210 Å². The molecule has 9 heteroatoms. The lowest BCUT2D eigenvalue weighted by Gasteiger charge is -2.25. The molecule has 0 N–H and O–H groups in total. The molecule has 3 rings (SSSR count). The first-order chi connectivity index (χ1) is 16.0. The minimum Gasteiger partial charge on any atom is -0.311 e. The molecule has 0 spiro atoms. The molecule has 1 heterocycles. The van der Waals surface area contributed by atoms with Crippen LogP contribution in [0.1, 0.15) is 38.1 Å². The molecule has 182 valence electrons. The summed E-state index contributed by atoms with van der Waals surface area (Å²) in [5, 5.41) is 0.575. The van der Waals surface area contributed by atoms with Gasteiger partial charge >= 0.3 is 0 Å². The zero-order valence-corrected chi connectivity index (χ0v) is 22.3. The first-order valence-corrected chi connectivity index (χ1v) is 13.8. The standard InChI is InChI=1S/C25H30ClN3O3S2/c1-6-14-29-23-21(26)8-7-9-22(23)33-25(29)27-24(30)19-10-12-20(13-11-19)34(31,32)28(15-17(2)3)16-18(4)5/h6-13,17-18H,1,14-16H2,2-5H3. The van der Waals surface area contributed by atoms with Gasteiger partial charge in [0.05, 0.1) is 20.1 Å². The van der Waals surface area contributed by atoms with E-state index in [-0.39, 0.29) is 16.7 Å². The first kappa shape index (κ1) is 26.3. The van der Waals surface area contributed by atoms with E-state index in [2.05, 4.69) is 11.6 Å². The van der Waals surface area contributed by atoms with Crippen LogP contribution in [0.5, 0.6) is 0 Å². The monoisotopic (exact) mass is 519 g/mol. The number of rotatable bonds is 9. The van der Waals surface area contributed by atoms with Crippen molar-refractivity contribution in [3.8, 4) is 0 Å². The molecule has 0 aliphatic heterocycles. The Kier molecular flexibility index (Phi) is 8.52. The summed E-state index contributed by atoms with van der Waals surface area (Å²) in [6, 6.07) is 11.6. The van der Waals surface area contributed by atoms with Gasteiger partial charge in [-0.25, -0.2) is 8.42 Å². The molecule has 6 nitrogen and oxygen atoms in total. The average molecular weight is 520 g/mol. The Hall–Kier alpha value is -2.26. The zero-order chi connectivity index (χ0) is 25.0. The van der Waals surface area contributed by atoms with E-state index < -0.39 is 15.9 Å². The van der Waals surface area contributed by atoms with Gasteiger partial charge in [-0.2, -0.15) is 9.30 Å². The van der Waals surface area contributed by atoms with Crippen molar-refractivity contribution < 1.29 is 13.2 Å². The van der Waals surface area contributed by atoms with Gasteiger partial charge in [-0.3, -0.25) is 4.79 Å². The third-order valence-corrected chi connectivity index (χ3v) is 8.23. The van der Waals surface area contributed by atoms with E-state index in [9.17, 15) is 13.2 Å². The van der Waals surface area contributed by atoms with Crippen molar-refractivity contribution in [1.82, 2.24) is 8.87 Å². The molecule has 0 saturated heterocycles. The van der Waals surface area contributed by atoms with Crippen molar-refractivity contribution in [1.29, 1.82) is 0 Å². The minimum atomic E-state index is -3.67. The van der Waals surface area contributed by atoms with Crippen LogP contribution >= 0.6 is 22.9 Å². The maximum absolute atomic E-state index is 13.2. The van der Waals surface area contributed by atoms with E-state index in [0.29, 0.717) is 35.0 Å².